The van der Waals surface area contributed by atoms with E-state index in [2.05, 4.69) is 10.1 Å². The fourth-order valence-corrected chi connectivity index (χ4v) is 1.90. The van der Waals surface area contributed by atoms with Crippen LogP contribution in [0.4, 0.5) is 0 Å². The number of hydrogen-bond donors (Lipinski definition) is 1. The quantitative estimate of drug-likeness (QED) is 0.869. The van der Waals surface area contributed by atoms with E-state index in [4.69, 9.17) is 21.4 Å². The zero-order valence-corrected chi connectivity index (χ0v) is 12.1. The Balaban J connectivity index is 2.53. The number of carboxylic acid groups (broad SMARTS) is 1. The number of aromatic carboxylic acids is 1. The maximum atomic E-state index is 11.7. The van der Waals surface area contributed by atoms with E-state index in [1.165, 1.54) is 23.1 Å². The van der Waals surface area contributed by atoms with Crippen LogP contribution in [-0.2, 0) is 4.74 Å². The Bertz CT molecular complexity index is 711. The van der Waals surface area contributed by atoms with Crippen molar-refractivity contribution in [1.82, 2.24) is 14.8 Å². The molecule has 2 aromatic heterocycles. The molecular weight excluding hydrogens is 298 g/mol. The van der Waals surface area contributed by atoms with Crippen molar-refractivity contribution >= 4 is 23.5 Å². The third-order valence-electron chi connectivity index (χ3n) is 2.65. The van der Waals surface area contributed by atoms with E-state index in [-0.39, 0.29) is 28.7 Å². The lowest BCUT2D eigenvalue weighted by Gasteiger charge is -2.05. The van der Waals surface area contributed by atoms with E-state index in [0.717, 1.165) is 0 Å². The van der Waals surface area contributed by atoms with Crippen LogP contribution in [0.15, 0.2) is 18.5 Å². The number of rotatable bonds is 4. The number of pyridine rings is 1. The molecule has 0 amide bonds. The van der Waals surface area contributed by atoms with E-state index in [9.17, 15) is 9.59 Å². The molecule has 0 spiro atoms. The molecule has 0 unspecified atom stereocenters. The summed E-state index contributed by atoms with van der Waals surface area (Å²) >= 11 is 5.84. The molecule has 0 aromatic carbocycles. The molecule has 2 heterocycles. The van der Waals surface area contributed by atoms with Crippen molar-refractivity contribution in [2.45, 2.75) is 13.8 Å². The predicted molar refractivity (Wildman–Crippen MR) is 74.0 cm³/mol. The molecule has 0 atom stereocenters. The number of nitrogens with zero attached hydrogens (tertiary/aromatic N) is 3. The highest BCUT2D eigenvalue weighted by atomic mass is 35.5. The third kappa shape index (κ3) is 3.03. The van der Waals surface area contributed by atoms with Gasteiger partial charge in [0.2, 0.25) is 0 Å². The summed E-state index contributed by atoms with van der Waals surface area (Å²) in [6.45, 7) is 3.59. The second-order valence-electron chi connectivity index (χ2n) is 4.15. The third-order valence-corrected chi connectivity index (χ3v) is 2.86. The molecule has 1 N–H and O–H groups in total. The number of esters is 1. The van der Waals surface area contributed by atoms with Gasteiger partial charge in [-0.05, 0) is 19.9 Å². The van der Waals surface area contributed by atoms with Crippen LogP contribution in [0, 0.1) is 6.92 Å². The molecule has 0 aliphatic heterocycles. The molecule has 0 aliphatic carbocycles. The fourth-order valence-electron chi connectivity index (χ4n) is 1.75. The van der Waals surface area contributed by atoms with Crippen LogP contribution in [0.5, 0.6) is 0 Å². The minimum absolute atomic E-state index is 0.119. The molecule has 110 valence electrons. The van der Waals surface area contributed by atoms with Crippen molar-refractivity contribution in [3.8, 4) is 5.69 Å². The summed E-state index contributed by atoms with van der Waals surface area (Å²) in [7, 11) is 0. The lowest BCUT2D eigenvalue weighted by atomic mass is 10.3. The number of aromatic nitrogens is 3. The highest BCUT2D eigenvalue weighted by Gasteiger charge is 2.19. The zero-order valence-electron chi connectivity index (χ0n) is 11.3. The number of ether oxygens (including phenoxy) is 1. The second kappa shape index (κ2) is 5.92. The van der Waals surface area contributed by atoms with Crippen LogP contribution >= 0.6 is 11.6 Å². The first kappa shape index (κ1) is 15.0. The Morgan fingerprint density at radius 1 is 1.43 bits per heavy atom. The van der Waals surface area contributed by atoms with Crippen molar-refractivity contribution in [2.24, 2.45) is 0 Å². The van der Waals surface area contributed by atoms with Gasteiger partial charge < -0.3 is 9.84 Å². The summed E-state index contributed by atoms with van der Waals surface area (Å²) < 4.78 is 6.14. The minimum Gasteiger partial charge on any atom is -0.476 e. The number of carbonyl (C=O) groups excluding carboxylic acids is 1. The molecule has 0 saturated carbocycles. The monoisotopic (exact) mass is 309 g/mol. The van der Waals surface area contributed by atoms with E-state index < -0.39 is 11.9 Å². The Hall–Kier alpha value is -2.41. The summed E-state index contributed by atoms with van der Waals surface area (Å²) in [6.07, 6.45) is 2.75. The van der Waals surface area contributed by atoms with Crippen LogP contribution in [0.1, 0.15) is 33.5 Å². The standard InChI is InChI=1S/C13H12ClN3O4/c1-3-21-13(20)10-7(2)6-17(16-10)9-4-8(14)5-15-11(9)12(18)19/h4-6H,3H2,1-2H3,(H,18,19). The van der Waals surface area contributed by atoms with Gasteiger partial charge >= 0.3 is 11.9 Å². The average molecular weight is 310 g/mol. The number of carboxylic acids is 1. The largest absolute Gasteiger partial charge is 0.476 e. The van der Waals surface area contributed by atoms with Crippen molar-refractivity contribution < 1.29 is 19.4 Å². The van der Waals surface area contributed by atoms with Gasteiger partial charge in [0, 0.05) is 18.0 Å². The van der Waals surface area contributed by atoms with Crippen LogP contribution in [-0.4, -0.2) is 38.4 Å². The van der Waals surface area contributed by atoms with Crippen molar-refractivity contribution in [3.63, 3.8) is 0 Å². The summed E-state index contributed by atoms with van der Waals surface area (Å²) in [5.41, 5.74) is 0.642. The van der Waals surface area contributed by atoms with Crippen molar-refractivity contribution in [2.75, 3.05) is 6.61 Å². The van der Waals surface area contributed by atoms with Gasteiger partial charge in [-0.1, -0.05) is 11.6 Å². The number of carbonyl (C=O) groups is 2. The van der Waals surface area contributed by atoms with Crippen molar-refractivity contribution in [3.05, 3.63) is 40.4 Å². The van der Waals surface area contributed by atoms with E-state index in [1.807, 2.05) is 0 Å². The predicted octanol–water partition coefficient (Wildman–Crippen LogP) is 2.10. The smallest absolute Gasteiger partial charge is 0.359 e. The van der Waals surface area contributed by atoms with Gasteiger partial charge in [-0.3, -0.25) is 0 Å². The van der Waals surface area contributed by atoms with E-state index in [0.29, 0.717) is 5.56 Å². The molecule has 2 aromatic rings. The first-order valence-electron chi connectivity index (χ1n) is 6.06. The van der Waals surface area contributed by atoms with Crippen LogP contribution in [0.3, 0.4) is 0 Å². The Morgan fingerprint density at radius 3 is 2.76 bits per heavy atom. The zero-order chi connectivity index (χ0) is 15.6. The number of aryl methyl sites for hydroxylation is 1. The highest BCUT2D eigenvalue weighted by molar-refractivity contribution is 6.30. The topological polar surface area (TPSA) is 94.3 Å². The van der Waals surface area contributed by atoms with Gasteiger partial charge in [0.1, 0.15) is 0 Å². The maximum Gasteiger partial charge on any atom is 0.359 e. The summed E-state index contributed by atoms with van der Waals surface area (Å²) in [6, 6.07) is 1.42. The van der Waals surface area contributed by atoms with Crippen LogP contribution in [0.2, 0.25) is 5.02 Å². The summed E-state index contributed by atoms with van der Waals surface area (Å²) in [5.74, 6) is -1.78. The molecule has 0 fully saturated rings. The number of hydrogen-bond acceptors (Lipinski definition) is 5. The molecule has 0 aliphatic rings. The number of halogens is 1. The van der Waals surface area contributed by atoms with Gasteiger partial charge in [0.25, 0.3) is 0 Å². The van der Waals surface area contributed by atoms with Gasteiger partial charge in [-0.15, -0.1) is 0 Å². The van der Waals surface area contributed by atoms with Crippen LogP contribution < -0.4 is 0 Å². The lowest BCUT2D eigenvalue weighted by Crippen LogP contribution is -2.10. The van der Waals surface area contributed by atoms with Gasteiger partial charge in [0.15, 0.2) is 11.4 Å². The van der Waals surface area contributed by atoms with Gasteiger partial charge in [0.05, 0.1) is 17.3 Å². The average Bonchev–Trinajstić information content (AvgIpc) is 2.80. The molecule has 2 rings (SSSR count). The Labute approximate surface area is 125 Å². The molecule has 0 saturated heterocycles. The van der Waals surface area contributed by atoms with E-state index in [1.54, 1.807) is 13.8 Å². The highest BCUT2D eigenvalue weighted by Crippen LogP contribution is 2.19. The second-order valence-corrected chi connectivity index (χ2v) is 4.59. The first-order chi connectivity index (χ1) is 9.93. The normalized spacial score (nSPS) is 10.4. The molecular formula is C13H12ClN3O4. The molecule has 21 heavy (non-hydrogen) atoms. The SMILES string of the molecule is CCOC(=O)c1nn(-c2cc(Cl)cnc2C(=O)O)cc1C. The Morgan fingerprint density at radius 2 is 2.14 bits per heavy atom. The molecule has 8 heteroatoms. The summed E-state index contributed by atoms with van der Waals surface area (Å²) in [5, 5.41) is 13.5. The first-order valence-corrected chi connectivity index (χ1v) is 6.44. The fraction of sp³-hybridized carbons (Fsp3) is 0.231. The minimum atomic E-state index is -1.22. The van der Waals surface area contributed by atoms with Gasteiger partial charge in [-0.25, -0.2) is 19.3 Å². The molecule has 0 bridgehead atoms. The van der Waals surface area contributed by atoms with E-state index >= 15 is 0 Å². The maximum absolute atomic E-state index is 11.7. The molecule has 0 radical (unpaired) electrons. The van der Waals surface area contributed by atoms with Crippen LogP contribution in [0.25, 0.3) is 5.69 Å². The Kier molecular flexibility index (Phi) is 4.23. The van der Waals surface area contributed by atoms with Crippen molar-refractivity contribution in [1.29, 1.82) is 0 Å². The van der Waals surface area contributed by atoms with Gasteiger partial charge in [-0.2, -0.15) is 5.10 Å². The molecule has 7 nitrogen and oxygen atoms in total. The summed E-state index contributed by atoms with van der Waals surface area (Å²) in [4.78, 5) is 26.7. The lowest BCUT2D eigenvalue weighted by molar-refractivity contribution is 0.0517.